The van der Waals surface area contributed by atoms with E-state index in [9.17, 15) is 18.3 Å². The second-order valence-corrected chi connectivity index (χ2v) is 10.2. The molecule has 2 aromatic carbocycles. The molecule has 0 amide bonds. The maximum Gasteiger partial charge on any atom is 0.194 e. The zero-order valence-electron chi connectivity index (χ0n) is 21.4. The van der Waals surface area contributed by atoms with Crippen LogP contribution in [0.3, 0.4) is 0 Å². The van der Waals surface area contributed by atoms with Crippen LogP contribution in [0, 0.1) is 29.8 Å². The van der Waals surface area contributed by atoms with Gasteiger partial charge in [0.2, 0.25) is 0 Å². The number of hydrogen-bond donors (Lipinski definition) is 1. The fourth-order valence-corrected chi connectivity index (χ4v) is 5.41. The highest BCUT2D eigenvalue weighted by atomic mass is 19.2. The van der Waals surface area contributed by atoms with Crippen LogP contribution >= 0.6 is 0 Å². The molecule has 0 radical (unpaired) electrons. The maximum atomic E-state index is 15.7. The largest absolute Gasteiger partial charge is 0.497 e. The van der Waals surface area contributed by atoms with Gasteiger partial charge in [-0.05, 0) is 118 Å². The van der Waals surface area contributed by atoms with Crippen LogP contribution in [0.15, 0.2) is 36.5 Å². The Kier molecular flexibility index (Phi) is 8.70. The summed E-state index contributed by atoms with van der Waals surface area (Å²) in [5.74, 6) is -3.12. The van der Waals surface area contributed by atoms with Crippen molar-refractivity contribution in [2.75, 3.05) is 33.4 Å². The van der Waals surface area contributed by atoms with Crippen molar-refractivity contribution in [3.05, 3.63) is 70.7 Å². The van der Waals surface area contributed by atoms with Gasteiger partial charge in [0.25, 0.3) is 0 Å². The smallest absolute Gasteiger partial charge is 0.194 e. The van der Waals surface area contributed by atoms with Crippen molar-refractivity contribution in [1.82, 2.24) is 9.88 Å². The number of aromatic nitrogens is 1. The van der Waals surface area contributed by atoms with Crippen molar-refractivity contribution in [1.29, 1.82) is 0 Å². The van der Waals surface area contributed by atoms with Crippen LogP contribution in [-0.2, 0) is 6.42 Å². The molecule has 1 atom stereocenters. The first-order valence-corrected chi connectivity index (χ1v) is 12.8. The quantitative estimate of drug-likeness (QED) is 0.247. The summed E-state index contributed by atoms with van der Waals surface area (Å²) in [6.45, 7) is 4.13. The lowest BCUT2D eigenvalue weighted by Gasteiger charge is -2.41. The SMILES string of the molecule is COc1ccc2ncc(C)c(C(F)CCC3(CO)CCN(CCCc4cc(F)c(F)c(F)c4)CC3)c2c1. The van der Waals surface area contributed by atoms with Crippen molar-refractivity contribution in [3.63, 3.8) is 0 Å². The van der Waals surface area contributed by atoms with Gasteiger partial charge in [-0.2, -0.15) is 0 Å². The van der Waals surface area contributed by atoms with E-state index in [1.54, 1.807) is 13.3 Å². The molecule has 1 unspecified atom stereocenters. The number of halogens is 4. The second kappa shape index (κ2) is 11.8. The summed E-state index contributed by atoms with van der Waals surface area (Å²) >= 11 is 0. The van der Waals surface area contributed by atoms with Gasteiger partial charge in [0.1, 0.15) is 11.9 Å². The molecule has 0 spiro atoms. The number of methoxy groups -OCH3 is 1. The van der Waals surface area contributed by atoms with Crippen LogP contribution in [0.5, 0.6) is 5.75 Å². The molecule has 0 saturated carbocycles. The lowest BCUT2D eigenvalue weighted by atomic mass is 9.74. The zero-order valence-corrected chi connectivity index (χ0v) is 21.4. The summed E-state index contributed by atoms with van der Waals surface area (Å²) in [6, 6.07) is 7.56. The Bertz CT molecular complexity index is 1200. The molecule has 1 saturated heterocycles. The minimum Gasteiger partial charge on any atom is -0.497 e. The summed E-state index contributed by atoms with van der Waals surface area (Å²) in [6.07, 6.45) is 4.02. The predicted octanol–water partition coefficient (Wildman–Crippen LogP) is 6.47. The second-order valence-electron chi connectivity index (χ2n) is 10.2. The number of ether oxygens (including phenoxy) is 1. The Morgan fingerprint density at radius 2 is 1.81 bits per heavy atom. The first kappa shape index (κ1) is 27.3. The van der Waals surface area contributed by atoms with E-state index >= 15 is 4.39 Å². The average molecular weight is 519 g/mol. The molecule has 0 aliphatic carbocycles. The summed E-state index contributed by atoms with van der Waals surface area (Å²) in [4.78, 5) is 6.68. The third-order valence-electron chi connectivity index (χ3n) is 7.79. The molecule has 37 heavy (non-hydrogen) atoms. The van der Waals surface area contributed by atoms with Gasteiger partial charge in [0.15, 0.2) is 17.5 Å². The number of benzene rings is 2. The first-order chi connectivity index (χ1) is 17.7. The molecule has 2 heterocycles. The molecule has 3 aromatic rings. The molecule has 4 nitrogen and oxygen atoms in total. The maximum absolute atomic E-state index is 15.7. The number of aliphatic hydroxyl groups is 1. The molecule has 0 bridgehead atoms. The van der Waals surface area contributed by atoms with E-state index in [4.69, 9.17) is 4.74 Å². The average Bonchev–Trinajstić information content (AvgIpc) is 2.90. The Labute approximate surface area is 215 Å². The molecule has 4 rings (SSSR count). The van der Waals surface area contributed by atoms with Crippen LogP contribution in [0.25, 0.3) is 10.9 Å². The monoisotopic (exact) mass is 518 g/mol. The first-order valence-electron chi connectivity index (χ1n) is 12.8. The predicted molar refractivity (Wildman–Crippen MR) is 136 cm³/mol. The number of fused-ring (bicyclic) bond motifs is 1. The van der Waals surface area contributed by atoms with Gasteiger partial charge in [0.05, 0.1) is 12.6 Å². The molecule has 1 N–H and O–H groups in total. The van der Waals surface area contributed by atoms with Crippen LogP contribution in [0.4, 0.5) is 17.6 Å². The van der Waals surface area contributed by atoms with Gasteiger partial charge < -0.3 is 14.7 Å². The Morgan fingerprint density at radius 1 is 1.11 bits per heavy atom. The fourth-order valence-electron chi connectivity index (χ4n) is 5.41. The molecule has 1 aliphatic rings. The van der Waals surface area contributed by atoms with Gasteiger partial charge in [0, 0.05) is 18.2 Å². The van der Waals surface area contributed by atoms with Crippen LogP contribution < -0.4 is 4.74 Å². The fraction of sp³-hybridized carbons (Fsp3) is 0.483. The number of alkyl halides is 1. The van der Waals surface area contributed by atoms with Gasteiger partial charge in [-0.15, -0.1) is 0 Å². The highest BCUT2D eigenvalue weighted by Crippen LogP contribution is 2.41. The number of aryl methyl sites for hydroxylation is 2. The van der Waals surface area contributed by atoms with E-state index in [2.05, 4.69) is 9.88 Å². The number of rotatable bonds is 10. The van der Waals surface area contributed by atoms with Gasteiger partial charge >= 0.3 is 0 Å². The third kappa shape index (κ3) is 6.24. The highest BCUT2D eigenvalue weighted by molar-refractivity contribution is 5.84. The summed E-state index contributed by atoms with van der Waals surface area (Å²) in [5, 5.41) is 11.0. The molecule has 1 fully saturated rings. The standard InChI is InChI=1S/C29H34F4N2O2/c1-19-17-34-26-6-5-21(37-2)16-22(26)27(19)23(30)7-8-29(18-36)9-12-35(13-10-29)11-3-4-20-14-24(31)28(33)25(32)15-20/h5-6,14-17,23,36H,3-4,7-13,18H2,1-2H3. The molecule has 1 aromatic heterocycles. The molecule has 200 valence electrons. The third-order valence-corrected chi connectivity index (χ3v) is 7.79. The number of piperidine rings is 1. The van der Waals surface area contributed by atoms with E-state index in [0.717, 1.165) is 61.1 Å². The Morgan fingerprint density at radius 3 is 2.46 bits per heavy atom. The normalized spacial score (nSPS) is 16.7. The lowest BCUT2D eigenvalue weighted by molar-refractivity contribution is 0.0300. The van der Waals surface area contributed by atoms with Crippen molar-refractivity contribution < 1.29 is 27.4 Å². The van der Waals surface area contributed by atoms with E-state index in [1.165, 1.54) is 0 Å². The molecule has 8 heteroatoms. The van der Waals surface area contributed by atoms with Gasteiger partial charge in [-0.1, -0.05) is 0 Å². The minimum atomic E-state index is -1.44. The minimum absolute atomic E-state index is 0.00555. The number of hydrogen-bond acceptors (Lipinski definition) is 4. The van der Waals surface area contributed by atoms with Crippen molar-refractivity contribution in [2.24, 2.45) is 5.41 Å². The summed E-state index contributed by atoms with van der Waals surface area (Å²) < 4.78 is 61.0. The van der Waals surface area contributed by atoms with E-state index < -0.39 is 23.6 Å². The van der Waals surface area contributed by atoms with Crippen LogP contribution in [-0.4, -0.2) is 48.3 Å². The lowest BCUT2D eigenvalue weighted by Crippen LogP contribution is -2.42. The van der Waals surface area contributed by atoms with Crippen molar-refractivity contribution in [3.8, 4) is 5.75 Å². The Balaban J connectivity index is 1.32. The van der Waals surface area contributed by atoms with E-state index in [-0.39, 0.29) is 12.0 Å². The summed E-state index contributed by atoms with van der Waals surface area (Å²) in [5.41, 5.74) is 2.24. The van der Waals surface area contributed by atoms with Gasteiger partial charge in [-0.3, -0.25) is 4.98 Å². The van der Waals surface area contributed by atoms with E-state index in [1.807, 2.05) is 25.1 Å². The highest BCUT2D eigenvalue weighted by Gasteiger charge is 2.35. The Hall–Kier alpha value is -2.71. The molecular weight excluding hydrogens is 484 g/mol. The molecule has 1 aliphatic heterocycles. The van der Waals surface area contributed by atoms with Crippen molar-refractivity contribution in [2.45, 2.75) is 51.6 Å². The number of nitrogens with zero attached hydrogens (tertiary/aromatic N) is 2. The van der Waals surface area contributed by atoms with Crippen molar-refractivity contribution >= 4 is 10.9 Å². The number of likely N-dealkylation sites (tertiary alicyclic amines) is 1. The number of pyridine rings is 1. The summed E-state index contributed by atoms with van der Waals surface area (Å²) in [7, 11) is 1.58. The van der Waals surface area contributed by atoms with E-state index in [0.29, 0.717) is 42.6 Å². The van der Waals surface area contributed by atoms with Crippen LogP contribution in [0.2, 0.25) is 0 Å². The number of aliphatic hydroxyl groups excluding tert-OH is 1. The van der Waals surface area contributed by atoms with Gasteiger partial charge in [-0.25, -0.2) is 17.6 Å². The topological polar surface area (TPSA) is 45.6 Å². The molecular formula is C29H34F4N2O2. The zero-order chi connectivity index (χ0) is 26.6. The van der Waals surface area contributed by atoms with Crippen LogP contribution in [0.1, 0.15) is 55.0 Å².